The number of benzene rings is 1. The Bertz CT molecular complexity index is 1120. The number of hydrogen-bond acceptors (Lipinski definition) is 6. The maximum absolute atomic E-state index is 12.9. The van der Waals surface area contributed by atoms with Gasteiger partial charge in [0, 0.05) is 32.4 Å². The van der Waals surface area contributed by atoms with Gasteiger partial charge in [0.15, 0.2) is 0 Å². The van der Waals surface area contributed by atoms with Crippen LogP contribution in [-0.4, -0.2) is 53.9 Å². The van der Waals surface area contributed by atoms with Crippen LogP contribution < -0.4 is 4.90 Å². The molecule has 0 radical (unpaired) electrons. The fourth-order valence-corrected chi connectivity index (χ4v) is 4.78. The summed E-state index contributed by atoms with van der Waals surface area (Å²) in [4.78, 5) is 13.9. The van der Waals surface area contributed by atoms with Gasteiger partial charge in [0.2, 0.25) is 10.0 Å². The number of sulfonamides is 1. The monoisotopic (exact) mass is 382 g/mol. The molecule has 27 heavy (non-hydrogen) atoms. The number of anilines is 1. The Morgan fingerprint density at radius 2 is 2.04 bits per heavy atom. The molecule has 0 saturated carbocycles. The average Bonchev–Trinajstić information content (AvgIpc) is 3.36. The highest BCUT2D eigenvalue weighted by molar-refractivity contribution is 7.89. The molecule has 1 N–H and O–H groups in total. The summed E-state index contributed by atoms with van der Waals surface area (Å²) in [6.45, 7) is 1.28. The molecule has 3 aromatic rings. The van der Waals surface area contributed by atoms with Gasteiger partial charge in [-0.2, -0.15) is 9.57 Å². The van der Waals surface area contributed by atoms with Gasteiger partial charge in [-0.05, 0) is 36.8 Å². The van der Waals surface area contributed by atoms with Crippen LogP contribution in [0.2, 0.25) is 0 Å². The van der Waals surface area contributed by atoms with E-state index in [0.717, 1.165) is 23.4 Å². The van der Waals surface area contributed by atoms with Crippen LogP contribution in [-0.2, 0) is 10.0 Å². The first-order chi connectivity index (χ1) is 13.0. The van der Waals surface area contributed by atoms with Crippen LogP contribution in [0.1, 0.15) is 12.0 Å². The van der Waals surface area contributed by atoms with E-state index in [9.17, 15) is 8.42 Å². The molecular weight excluding hydrogens is 364 g/mol. The molecule has 4 rings (SSSR count). The van der Waals surface area contributed by atoms with Crippen LogP contribution in [0.25, 0.3) is 11.0 Å². The van der Waals surface area contributed by atoms with E-state index in [-0.39, 0.29) is 10.9 Å². The predicted molar refractivity (Wildman–Crippen MR) is 101 cm³/mol. The fraction of sp³-hybridized carbons (Fsp3) is 0.278. The van der Waals surface area contributed by atoms with E-state index in [2.05, 4.69) is 19.9 Å². The number of nitrogens with zero attached hydrogens (tertiary/aromatic N) is 5. The zero-order chi connectivity index (χ0) is 19.0. The van der Waals surface area contributed by atoms with Crippen molar-refractivity contribution < 1.29 is 8.42 Å². The van der Waals surface area contributed by atoms with Gasteiger partial charge < -0.3 is 9.88 Å². The largest absolute Gasteiger partial charge is 0.354 e. The van der Waals surface area contributed by atoms with E-state index in [1.165, 1.54) is 34.9 Å². The standard InChI is InChI=1S/C18H18N6O2S/c1-23(27(25,26)15-4-2-13(10-19)3-5-15)14-7-9-24(11-14)18-16-6-8-20-17(16)21-12-22-18/h2-6,8,12,14H,7,9,11H2,1H3,(H,20,21,22)/t14-/m1/s1. The molecule has 9 heteroatoms. The predicted octanol–water partition coefficient (Wildman–Crippen LogP) is 1.73. The lowest BCUT2D eigenvalue weighted by Gasteiger charge is -2.24. The lowest BCUT2D eigenvalue weighted by Crippen LogP contribution is -2.39. The molecule has 138 valence electrons. The van der Waals surface area contributed by atoms with Gasteiger partial charge >= 0.3 is 0 Å². The second-order valence-corrected chi connectivity index (χ2v) is 8.48. The molecule has 0 amide bonds. The van der Waals surface area contributed by atoms with Gasteiger partial charge in [-0.25, -0.2) is 18.4 Å². The number of rotatable bonds is 4. The van der Waals surface area contributed by atoms with Crippen LogP contribution >= 0.6 is 0 Å². The third-order valence-corrected chi connectivity index (χ3v) is 6.89. The maximum atomic E-state index is 12.9. The summed E-state index contributed by atoms with van der Waals surface area (Å²) in [5, 5.41) is 9.81. The molecule has 0 spiro atoms. The Morgan fingerprint density at radius 3 is 2.78 bits per heavy atom. The fourth-order valence-electron chi connectivity index (χ4n) is 3.41. The van der Waals surface area contributed by atoms with Crippen molar-refractivity contribution in [3.8, 4) is 6.07 Å². The molecule has 1 aromatic carbocycles. The molecule has 1 atom stereocenters. The zero-order valence-electron chi connectivity index (χ0n) is 14.7. The molecule has 0 bridgehead atoms. The molecule has 2 aromatic heterocycles. The third-order valence-electron chi connectivity index (χ3n) is 4.97. The first-order valence-electron chi connectivity index (χ1n) is 8.52. The Morgan fingerprint density at radius 1 is 1.26 bits per heavy atom. The summed E-state index contributed by atoms with van der Waals surface area (Å²) < 4.78 is 27.3. The lowest BCUT2D eigenvalue weighted by atomic mass is 10.2. The van der Waals surface area contributed by atoms with Crippen molar-refractivity contribution in [3.05, 3.63) is 48.4 Å². The van der Waals surface area contributed by atoms with E-state index in [0.29, 0.717) is 18.5 Å². The number of H-pyrrole nitrogens is 1. The minimum absolute atomic E-state index is 0.158. The molecule has 3 heterocycles. The van der Waals surface area contributed by atoms with Crippen molar-refractivity contribution in [2.45, 2.75) is 17.4 Å². The maximum Gasteiger partial charge on any atom is 0.243 e. The summed E-state index contributed by atoms with van der Waals surface area (Å²) in [6.07, 6.45) is 4.04. The number of aromatic amines is 1. The lowest BCUT2D eigenvalue weighted by molar-refractivity contribution is 0.390. The number of nitrogens with one attached hydrogen (secondary N) is 1. The van der Waals surface area contributed by atoms with Crippen LogP contribution in [0, 0.1) is 11.3 Å². The SMILES string of the molecule is CN([C@@H]1CCN(c2ncnc3[nH]ccc23)C1)S(=O)(=O)c1ccc(C#N)cc1. The van der Waals surface area contributed by atoms with Crippen molar-refractivity contribution in [2.24, 2.45) is 0 Å². The molecule has 0 unspecified atom stereocenters. The quantitative estimate of drug-likeness (QED) is 0.737. The summed E-state index contributed by atoms with van der Waals surface area (Å²) >= 11 is 0. The van der Waals surface area contributed by atoms with Gasteiger partial charge in [0.25, 0.3) is 0 Å². The van der Waals surface area contributed by atoms with Crippen LogP contribution in [0.4, 0.5) is 5.82 Å². The molecule has 0 aliphatic carbocycles. The Labute approximate surface area is 157 Å². The van der Waals surface area contributed by atoms with Gasteiger partial charge in [0.05, 0.1) is 21.9 Å². The number of hydrogen-bond donors (Lipinski definition) is 1. The highest BCUT2D eigenvalue weighted by Gasteiger charge is 2.34. The molecule has 1 fully saturated rings. The molecular formula is C18H18N6O2S. The van der Waals surface area contributed by atoms with Crippen LogP contribution in [0.5, 0.6) is 0 Å². The van der Waals surface area contributed by atoms with Crippen molar-refractivity contribution in [3.63, 3.8) is 0 Å². The number of nitriles is 1. The minimum atomic E-state index is -3.63. The molecule has 1 aliphatic heterocycles. The van der Waals surface area contributed by atoms with E-state index >= 15 is 0 Å². The normalized spacial score (nSPS) is 17.5. The smallest absolute Gasteiger partial charge is 0.243 e. The van der Waals surface area contributed by atoms with E-state index in [1.807, 2.05) is 18.3 Å². The van der Waals surface area contributed by atoms with Gasteiger partial charge in [-0.3, -0.25) is 0 Å². The van der Waals surface area contributed by atoms with Crippen molar-refractivity contribution in [1.29, 1.82) is 5.26 Å². The number of aromatic nitrogens is 3. The summed E-state index contributed by atoms with van der Waals surface area (Å²) in [7, 11) is -2.02. The highest BCUT2D eigenvalue weighted by Crippen LogP contribution is 2.28. The van der Waals surface area contributed by atoms with Crippen LogP contribution in [0.3, 0.4) is 0 Å². The van der Waals surface area contributed by atoms with Gasteiger partial charge in [-0.15, -0.1) is 0 Å². The summed E-state index contributed by atoms with van der Waals surface area (Å²) in [5.41, 5.74) is 1.20. The Kier molecular flexibility index (Phi) is 4.30. The van der Waals surface area contributed by atoms with Crippen LogP contribution in [0.15, 0.2) is 47.8 Å². The Hall–Kier alpha value is -2.96. The van der Waals surface area contributed by atoms with Crippen molar-refractivity contribution in [2.75, 3.05) is 25.0 Å². The average molecular weight is 382 g/mol. The molecule has 8 nitrogen and oxygen atoms in total. The first-order valence-corrected chi connectivity index (χ1v) is 9.96. The first kappa shape index (κ1) is 17.5. The zero-order valence-corrected chi connectivity index (χ0v) is 15.5. The van der Waals surface area contributed by atoms with E-state index < -0.39 is 10.0 Å². The second kappa shape index (κ2) is 6.64. The van der Waals surface area contributed by atoms with Crippen molar-refractivity contribution >= 4 is 26.9 Å². The third kappa shape index (κ3) is 3.03. The molecule has 1 saturated heterocycles. The van der Waals surface area contributed by atoms with E-state index in [1.54, 1.807) is 7.05 Å². The highest BCUT2D eigenvalue weighted by atomic mass is 32.2. The molecule has 1 aliphatic rings. The number of fused-ring (bicyclic) bond motifs is 1. The van der Waals surface area contributed by atoms with Gasteiger partial charge in [-0.1, -0.05) is 0 Å². The van der Waals surface area contributed by atoms with Crippen molar-refractivity contribution in [1.82, 2.24) is 19.3 Å². The van der Waals surface area contributed by atoms with E-state index in [4.69, 9.17) is 5.26 Å². The minimum Gasteiger partial charge on any atom is -0.354 e. The Balaban J connectivity index is 1.56. The second-order valence-electron chi connectivity index (χ2n) is 6.48. The topological polar surface area (TPSA) is 106 Å². The number of likely N-dealkylation sites (N-methyl/N-ethyl adjacent to an activating group) is 1. The summed E-state index contributed by atoms with van der Waals surface area (Å²) in [5.74, 6) is 0.813. The van der Waals surface area contributed by atoms with Gasteiger partial charge in [0.1, 0.15) is 17.8 Å². The summed E-state index contributed by atoms with van der Waals surface area (Å²) in [6, 6.07) is 9.76.